The number of sulfonamides is 1. The van der Waals surface area contributed by atoms with Crippen molar-refractivity contribution in [1.29, 1.82) is 0 Å². The molecule has 0 radical (unpaired) electrons. The minimum atomic E-state index is -3.44. The minimum Gasteiger partial charge on any atom is -0.352 e. The van der Waals surface area contributed by atoms with Gasteiger partial charge in [0.15, 0.2) is 5.82 Å². The second-order valence-electron chi connectivity index (χ2n) is 8.65. The lowest BCUT2D eigenvalue weighted by Gasteiger charge is -2.25. The number of aryl methyl sites for hydroxylation is 1. The van der Waals surface area contributed by atoms with Crippen molar-refractivity contribution in [3.8, 4) is 0 Å². The molecule has 1 aromatic carbocycles. The number of hydrogen-bond donors (Lipinski definition) is 1. The molecule has 1 saturated heterocycles. The number of rotatable bonds is 7. The molecule has 1 aromatic heterocycles. The van der Waals surface area contributed by atoms with Gasteiger partial charge in [0.1, 0.15) is 0 Å². The van der Waals surface area contributed by atoms with Crippen LogP contribution in [-0.2, 0) is 33.2 Å². The maximum atomic E-state index is 12.7. The van der Waals surface area contributed by atoms with Crippen molar-refractivity contribution in [2.75, 3.05) is 13.1 Å². The summed E-state index contributed by atoms with van der Waals surface area (Å²) in [6.07, 6.45) is 3.51. The Bertz CT molecular complexity index is 956. The highest BCUT2D eigenvalue weighted by atomic mass is 32.2. The fourth-order valence-electron chi connectivity index (χ4n) is 3.20. The third-order valence-corrected chi connectivity index (χ3v) is 6.98. The molecule has 1 amide bonds. The average Bonchev–Trinajstić information content (AvgIpc) is 3.21. The van der Waals surface area contributed by atoms with Gasteiger partial charge in [-0.15, -0.1) is 0 Å². The standard InChI is InChI=1S/C21H30N4O4S/c1-21(2,3)20-23-19(29-24-20)12-11-18(26)22-15-16-7-9-17(10-8-16)30(27,28)25-13-5-4-6-14-25/h7-10H,4-6,11-15H2,1-3H3,(H,22,26). The van der Waals surface area contributed by atoms with E-state index in [-0.39, 0.29) is 17.7 Å². The number of benzene rings is 1. The van der Waals surface area contributed by atoms with Gasteiger partial charge in [-0.3, -0.25) is 4.79 Å². The van der Waals surface area contributed by atoms with E-state index in [1.54, 1.807) is 28.6 Å². The summed E-state index contributed by atoms with van der Waals surface area (Å²) >= 11 is 0. The van der Waals surface area contributed by atoms with Gasteiger partial charge in [0.05, 0.1) is 4.90 Å². The molecule has 0 atom stereocenters. The van der Waals surface area contributed by atoms with Crippen molar-refractivity contribution in [2.45, 2.75) is 69.7 Å². The summed E-state index contributed by atoms with van der Waals surface area (Å²) in [6.45, 7) is 7.49. The quantitative estimate of drug-likeness (QED) is 0.718. The van der Waals surface area contributed by atoms with Crippen LogP contribution in [0.2, 0.25) is 0 Å². The van der Waals surface area contributed by atoms with E-state index in [0.717, 1.165) is 24.8 Å². The van der Waals surface area contributed by atoms with Crippen LogP contribution in [0.25, 0.3) is 0 Å². The SMILES string of the molecule is CC(C)(C)c1noc(CCC(=O)NCc2ccc(S(=O)(=O)N3CCCCC3)cc2)n1. The van der Waals surface area contributed by atoms with Crippen LogP contribution < -0.4 is 5.32 Å². The van der Waals surface area contributed by atoms with Crippen LogP contribution in [0.4, 0.5) is 0 Å². The lowest BCUT2D eigenvalue weighted by atomic mass is 9.96. The Kier molecular flexibility index (Phi) is 6.92. The van der Waals surface area contributed by atoms with Crippen molar-refractivity contribution in [3.63, 3.8) is 0 Å². The number of nitrogens with zero attached hydrogens (tertiary/aromatic N) is 3. The highest BCUT2D eigenvalue weighted by Crippen LogP contribution is 2.21. The van der Waals surface area contributed by atoms with Crippen molar-refractivity contribution in [1.82, 2.24) is 19.8 Å². The van der Waals surface area contributed by atoms with Gasteiger partial charge in [0.2, 0.25) is 21.8 Å². The molecule has 1 aliphatic rings. The molecule has 0 bridgehead atoms. The van der Waals surface area contributed by atoms with Gasteiger partial charge in [-0.1, -0.05) is 44.5 Å². The number of hydrogen-bond acceptors (Lipinski definition) is 6. The molecule has 9 heteroatoms. The molecule has 0 spiro atoms. The number of carbonyl (C=O) groups excluding carboxylic acids is 1. The van der Waals surface area contributed by atoms with Gasteiger partial charge in [0.25, 0.3) is 0 Å². The maximum absolute atomic E-state index is 12.7. The predicted octanol–water partition coefficient (Wildman–Crippen LogP) is 2.79. The summed E-state index contributed by atoms with van der Waals surface area (Å²) in [4.78, 5) is 16.7. The molecule has 0 unspecified atom stereocenters. The van der Waals surface area contributed by atoms with Crippen LogP contribution in [0.1, 0.15) is 63.7 Å². The number of amides is 1. The molecule has 2 heterocycles. The lowest BCUT2D eigenvalue weighted by Crippen LogP contribution is -2.35. The Morgan fingerprint density at radius 1 is 1.13 bits per heavy atom. The molecule has 1 fully saturated rings. The topological polar surface area (TPSA) is 105 Å². The molecule has 1 N–H and O–H groups in total. The summed E-state index contributed by atoms with van der Waals surface area (Å²) in [5.41, 5.74) is 0.645. The van der Waals surface area contributed by atoms with Gasteiger partial charge in [-0.25, -0.2) is 8.42 Å². The van der Waals surface area contributed by atoms with E-state index < -0.39 is 10.0 Å². The molecule has 1 aliphatic heterocycles. The minimum absolute atomic E-state index is 0.129. The van der Waals surface area contributed by atoms with E-state index in [1.807, 2.05) is 20.8 Å². The highest BCUT2D eigenvalue weighted by molar-refractivity contribution is 7.89. The van der Waals surface area contributed by atoms with Crippen molar-refractivity contribution >= 4 is 15.9 Å². The molecule has 0 aliphatic carbocycles. The van der Waals surface area contributed by atoms with Gasteiger partial charge in [0, 0.05) is 37.9 Å². The molecule has 3 rings (SSSR count). The predicted molar refractivity (Wildman–Crippen MR) is 112 cm³/mol. The molecular weight excluding hydrogens is 404 g/mol. The molecule has 0 saturated carbocycles. The van der Waals surface area contributed by atoms with Crippen LogP contribution >= 0.6 is 0 Å². The van der Waals surface area contributed by atoms with Crippen molar-refractivity contribution < 1.29 is 17.7 Å². The monoisotopic (exact) mass is 434 g/mol. The summed E-state index contributed by atoms with van der Waals surface area (Å²) in [5, 5.41) is 6.79. The first kappa shape index (κ1) is 22.4. The van der Waals surface area contributed by atoms with E-state index in [9.17, 15) is 13.2 Å². The van der Waals surface area contributed by atoms with E-state index in [1.165, 1.54) is 0 Å². The summed E-state index contributed by atoms with van der Waals surface area (Å²) in [6, 6.07) is 6.70. The zero-order valence-electron chi connectivity index (χ0n) is 17.8. The molecular formula is C21H30N4O4S. The zero-order valence-corrected chi connectivity index (χ0v) is 18.7. The maximum Gasteiger partial charge on any atom is 0.243 e. The van der Waals surface area contributed by atoms with Crippen molar-refractivity contribution in [2.24, 2.45) is 0 Å². The van der Waals surface area contributed by atoms with E-state index in [4.69, 9.17) is 4.52 Å². The number of nitrogens with one attached hydrogen (secondary N) is 1. The first-order valence-electron chi connectivity index (χ1n) is 10.3. The van der Waals surface area contributed by atoms with Gasteiger partial charge in [-0.05, 0) is 30.5 Å². The molecule has 30 heavy (non-hydrogen) atoms. The average molecular weight is 435 g/mol. The Hall–Kier alpha value is -2.26. The van der Waals surface area contributed by atoms with Crippen LogP contribution in [0, 0.1) is 0 Å². The molecule has 2 aromatic rings. The van der Waals surface area contributed by atoms with Crippen LogP contribution in [0.5, 0.6) is 0 Å². The van der Waals surface area contributed by atoms with Crippen LogP contribution in [-0.4, -0.2) is 41.9 Å². The summed E-state index contributed by atoms with van der Waals surface area (Å²) < 4.78 is 32.1. The Morgan fingerprint density at radius 3 is 2.40 bits per heavy atom. The fraction of sp³-hybridized carbons (Fsp3) is 0.571. The second-order valence-corrected chi connectivity index (χ2v) is 10.6. The lowest BCUT2D eigenvalue weighted by molar-refractivity contribution is -0.121. The van der Waals surface area contributed by atoms with Crippen molar-refractivity contribution in [3.05, 3.63) is 41.5 Å². The zero-order chi connectivity index (χ0) is 21.8. The van der Waals surface area contributed by atoms with Crippen LogP contribution in [0.3, 0.4) is 0 Å². The smallest absolute Gasteiger partial charge is 0.243 e. The number of piperidine rings is 1. The highest BCUT2D eigenvalue weighted by Gasteiger charge is 2.25. The normalized spacial score (nSPS) is 15.8. The van der Waals surface area contributed by atoms with E-state index >= 15 is 0 Å². The first-order valence-corrected chi connectivity index (χ1v) is 11.8. The largest absolute Gasteiger partial charge is 0.352 e. The van der Waals surface area contributed by atoms with Gasteiger partial charge in [-0.2, -0.15) is 9.29 Å². The first-order chi connectivity index (χ1) is 14.2. The molecule has 8 nitrogen and oxygen atoms in total. The fourth-order valence-corrected chi connectivity index (χ4v) is 4.72. The second kappa shape index (κ2) is 9.26. The molecule has 164 valence electrons. The van der Waals surface area contributed by atoms with E-state index in [2.05, 4.69) is 15.5 Å². The third-order valence-electron chi connectivity index (χ3n) is 5.07. The van der Waals surface area contributed by atoms with E-state index in [0.29, 0.717) is 42.7 Å². The van der Waals surface area contributed by atoms with Gasteiger partial charge < -0.3 is 9.84 Å². The Labute approximate surface area is 178 Å². The third kappa shape index (κ3) is 5.66. The Balaban J connectivity index is 1.48. The summed E-state index contributed by atoms with van der Waals surface area (Å²) in [7, 11) is -3.44. The summed E-state index contributed by atoms with van der Waals surface area (Å²) in [5.74, 6) is 0.940. The Morgan fingerprint density at radius 2 is 1.80 bits per heavy atom. The number of aromatic nitrogens is 2. The van der Waals surface area contributed by atoms with Gasteiger partial charge >= 0.3 is 0 Å². The number of carbonyl (C=O) groups is 1. The van der Waals surface area contributed by atoms with Crippen LogP contribution in [0.15, 0.2) is 33.7 Å².